The minimum atomic E-state index is -0.323. The molecule has 62 valence electrons. The van der Waals surface area contributed by atoms with Crippen molar-refractivity contribution < 1.29 is 4.84 Å². The van der Waals surface area contributed by atoms with Crippen molar-refractivity contribution in [3.8, 4) is 0 Å². The van der Waals surface area contributed by atoms with Crippen LogP contribution in [0, 0.1) is 6.92 Å². The minimum absolute atomic E-state index is 0.323. The molecule has 5 nitrogen and oxygen atoms in total. The number of nitrogens with one attached hydrogen (secondary N) is 1. The molecule has 0 saturated heterocycles. The van der Waals surface area contributed by atoms with Crippen molar-refractivity contribution in [2.75, 3.05) is 6.61 Å². The Morgan fingerprint density at radius 1 is 1.73 bits per heavy atom. The number of hydrogen-bond acceptors (Lipinski definition) is 3. The number of H-pyrrole nitrogens is 1. The molecule has 1 heterocycles. The van der Waals surface area contributed by atoms with Gasteiger partial charge in [-0.25, -0.2) is 9.89 Å². The first kappa shape index (κ1) is 7.84. The standard InChI is InChI=1S/C6H11N3O2/c1-3-4-11-9-5(2)7-8-6(9)10/h3-4H2,1-2H3,(H,8,10). The molecule has 0 spiro atoms. The largest absolute Gasteiger partial charge is 0.408 e. The Morgan fingerprint density at radius 3 is 2.91 bits per heavy atom. The average molecular weight is 157 g/mol. The first-order valence-electron chi connectivity index (χ1n) is 3.53. The molecular weight excluding hydrogens is 146 g/mol. The van der Waals surface area contributed by atoms with Crippen LogP contribution >= 0.6 is 0 Å². The Labute approximate surface area is 63.9 Å². The van der Waals surface area contributed by atoms with Crippen LogP contribution in [-0.2, 0) is 0 Å². The maximum Gasteiger partial charge on any atom is 0.376 e. The van der Waals surface area contributed by atoms with Crippen LogP contribution in [0.4, 0.5) is 0 Å². The Hall–Kier alpha value is -1.26. The number of aromatic nitrogens is 3. The van der Waals surface area contributed by atoms with Crippen LogP contribution in [0.25, 0.3) is 0 Å². The summed E-state index contributed by atoms with van der Waals surface area (Å²) in [5.74, 6) is 0.545. The lowest BCUT2D eigenvalue weighted by Gasteiger charge is -2.02. The van der Waals surface area contributed by atoms with Crippen molar-refractivity contribution in [3.05, 3.63) is 16.3 Å². The zero-order valence-corrected chi connectivity index (χ0v) is 6.63. The third kappa shape index (κ3) is 1.60. The van der Waals surface area contributed by atoms with Gasteiger partial charge in [-0.15, -0.1) is 4.73 Å². The number of rotatable bonds is 3. The molecule has 0 aliphatic rings. The first-order valence-corrected chi connectivity index (χ1v) is 3.53. The Bertz CT molecular complexity index is 276. The molecule has 0 atom stereocenters. The van der Waals surface area contributed by atoms with E-state index >= 15 is 0 Å². The van der Waals surface area contributed by atoms with E-state index in [0.717, 1.165) is 11.2 Å². The van der Waals surface area contributed by atoms with Gasteiger partial charge >= 0.3 is 5.69 Å². The predicted octanol–water partition coefficient (Wildman–Crippen LogP) is -0.282. The molecular formula is C6H11N3O2. The lowest BCUT2D eigenvalue weighted by atomic mass is 10.5. The maximum atomic E-state index is 10.9. The van der Waals surface area contributed by atoms with E-state index in [9.17, 15) is 4.79 Å². The fourth-order valence-corrected chi connectivity index (χ4v) is 0.701. The van der Waals surface area contributed by atoms with Gasteiger partial charge < -0.3 is 4.84 Å². The molecule has 0 bridgehead atoms. The van der Waals surface area contributed by atoms with Crippen molar-refractivity contribution in [3.63, 3.8) is 0 Å². The third-order valence-corrected chi connectivity index (χ3v) is 1.22. The quantitative estimate of drug-likeness (QED) is 0.656. The van der Waals surface area contributed by atoms with Crippen LogP contribution in [-0.4, -0.2) is 21.5 Å². The molecule has 0 radical (unpaired) electrons. The lowest BCUT2D eigenvalue weighted by molar-refractivity contribution is 0.0978. The van der Waals surface area contributed by atoms with E-state index < -0.39 is 0 Å². The van der Waals surface area contributed by atoms with E-state index in [1.165, 1.54) is 0 Å². The predicted molar refractivity (Wildman–Crippen MR) is 39.3 cm³/mol. The second-order valence-electron chi connectivity index (χ2n) is 2.20. The molecule has 0 aliphatic carbocycles. The van der Waals surface area contributed by atoms with Crippen LogP contribution in [0.15, 0.2) is 4.79 Å². The topological polar surface area (TPSA) is 59.9 Å². The molecule has 0 aromatic carbocycles. The highest BCUT2D eigenvalue weighted by molar-refractivity contribution is 4.76. The summed E-state index contributed by atoms with van der Waals surface area (Å²) in [5.41, 5.74) is -0.323. The maximum absolute atomic E-state index is 10.9. The normalized spacial score (nSPS) is 10.0. The monoisotopic (exact) mass is 157 g/mol. The van der Waals surface area contributed by atoms with E-state index in [1.54, 1.807) is 6.92 Å². The van der Waals surface area contributed by atoms with Crippen LogP contribution in [0.2, 0.25) is 0 Å². The van der Waals surface area contributed by atoms with Gasteiger partial charge in [0, 0.05) is 0 Å². The van der Waals surface area contributed by atoms with Gasteiger partial charge in [0.05, 0.1) is 0 Å². The molecule has 0 saturated carbocycles. The van der Waals surface area contributed by atoms with Gasteiger partial charge in [-0.1, -0.05) is 6.92 Å². The Kier molecular flexibility index (Phi) is 2.30. The average Bonchev–Trinajstić information content (AvgIpc) is 2.29. The van der Waals surface area contributed by atoms with E-state index in [1.807, 2.05) is 6.92 Å². The molecule has 5 heteroatoms. The molecule has 0 aliphatic heterocycles. The van der Waals surface area contributed by atoms with Gasteiger partial charge in [-0.3, -0.25) is 0 Å². The van der Waals surface area contributed by atoms with Crippen LogP contribution in [0.5, 0.6) is 0 Å². The van der Waals surface area contributed by atoms with Gasteiger partial charge in [0.2, 0.25) is 0 Å². The SMILES string of the molecule is CCCOn1c(C)n[nH]c1=O. The zero-order valence-electron chi connectivity index (χ0n) is 6.63. The summed E-state index contributed by atoms with van der Waals surface area (Å²) in [5, 5.41) is 5.95. The zero-order chi connectivity index (χ0) is 8.27. The summed E-state index contributed by atoms with van der Waals surface area (Å²) in [6.45, 7) is 4.20. The molecule has 1 rings (SSSR count). The summed E-state index contributed by atoms with van der Waals surface area (Å²) in [6, 6.07) is 0. The van der Waals surface area contributed by atoms with E-state index in [-0.39, 0.29) is 5.69 Å². The van der Waals surface area contributed by atoms with Crippen molar-refractivity contribution >= 4 is 0 Å². The second-order valence-corrected chi connectivity index (χ2v) is 2.20. The summed E-state index contributed by atoms with van der Waals surface area (Å²) < 4.78 is 1.16. The van der Waals surface area contributed by atoms with E-state index in [0.29, 0.717) is 12.4 Å². The fourth-order valence-electron chi connectivity index (χ4n) is 0.701. The highest BCUT2D eigenvalue weighted by atomic mass is 16.7. The highest BCUT2D eigenvalue weighted by Crippen LogP contribution is 1.82. The van der Waals surface area contributed by atoms with Gasteiger partial charge in [0.15, 0.2) is 5.82 Å². The Morgan fingerprint density at radius 2 is 2.45 bits per heavy atom. The van der Waals surface area contributed by atoms with Gasteiger partial charge in [0.25, 0.3) is 0 Å². The fraction of sp³-hybridized carbons (Fsp3) is 0.667. The van der Waals surface area contributed by atoms with Gasteiger partial charge in [0.1, 0.15) is 6.61 Å². The smallest absolute Gasteiger partial charge is 0.376 e. The lowest BCUT2D eigenvalue weighted by Crippen LogP contribution is -2.25. The minimum Gasteiger partial charge on any atom is -0.408 e. The molecule has 0 fully saturated rings. The summed E-state index contributed by atoms with van der Waals surface area (Å²) in [4.78, 5) is 15.9. The van der Waals surface area contributed by atoms with Crippen molar-refractivity contribution in [2.24, 2.45) is 0 Å². The number of aryl methyl sites for hydroxylation is 1. The number of aromatic amines is 1. The van der Waals surface area contributed by atoms with E-state index in [4.69, 9.17) is 4.84 Å². The number of nitrogens with zero attached hydrogens (tertiary/aromatic N) is 2. The summed E-state index contributed by atoms with van der Waals surface area (Å²) >= 11 is 0. The molecule has 0 unspecified atom stereocenters. The molecule has 11 heavy (non-hydrogen) atoms. The molecule has 1 aromatic rings. The molecule has 1 N–H and O–H groups in total. The Balaban J connectivity index is 2.75. The third-order valence-electron chi connectivity index (χ3n) is 1.22. The summed E-state index contributed by atoms with van der Waals surface area (Å²) in [7, 11) is 0. The van der Waals surface area contributed by atoms with Crippen LogP contribution in [0.3, 0.4) is 0 Å². The molecule has 1 aromatic heterocycles. The van der Waals surface area contributed by atoms with Gasteiger partial charge in [-0.2, -0.15) is 5.10 Å². The van der Waals surface area contributed by atoms with Crippen molar-refractivity contribution in [2.45, 2.75) is 20.3 Å². The number of hydrogen-bond donors (Lipinski definition) is 1. The second kappa shape index (κ2) is 3.23. The first-order chi connectivity index (χ1) is 5.25. The van der Waals surface area contributed by atoms with Crippen LogP contribution in [0.1, 0.15) is 19.2 Å². The van der Waals surface area contributed by atoms with Crippen molar-refractivity contribution in [1.29, 1.82) is 0 Å². The van der Waals surface area contributed by atoms with Crippen molar-refractivity contribution in [1.82, 2.24) is 14.9 Å². The molecule has 0 amide bonds. The van der Waals surface area contributed by atoms with Gasteiger partial charge in [-0.05, 0) is 13.3 Å². The summed E-state index contributed by atoms with van der Waals surface area (Å²) in [6.07, 6.45) is 0.872. The van der Waals surface area contributed by atoms with E-state index in [2.05, 4.69) is 10.2 Å². The van der Waals surface area contributed by atoms with Crippen LogP contribution < -0.4 is 10.5 Å². The highest BCUT2D eigenvalue weighted by Gasteiger charge is 2.01.